The Bertz CT molecular complexity index is 1200. The molecule has 180 valence electrons. The van der Waals surface area contributed by atoms with Gasteiger partial charge < -0.3 is 16.0 Å². The molecule has 2 heterocycles. The second kappa shape index (κ2) is 10.5. The maximum absolute atomic E-state index is 13.1. The molecule has 11 heteroatoms. The van der Waals surface area contributed by atoms with Crippen molar-refractivity contribution in [2.24, 2.45) is 4.99 Å². The zero-order valence-electron chi connectivity index (χ0n) is 18.5. The molecule has 0 spiro atoms. The monoisotopic (exact) mass is 503 g/mol. The number of nitrogens with one attached hydrogen (secondary N) is 3. The molecular formula is C23H26ClN5O4S. The van der Waals surface area contributed by atoms with Crippen molar-refractivity contribution in [1.29, 1.82) is 0 Å². The summed E-state index contributed by atoms with van der Waals surface area (Å²) in [5.41, 5.74) is 2.10. The summed E-state index contributed by atoms with van der Waals surface area (Å²) in [6.07, 6.45) is 0.572. The third kappa shape index (κ3) is 5.75. The fraction of sp³-hybridized carbons (Fsp3) is 0.348. The molecule has 0 aromatic heterocycles. The summed E-state index contributed by atoms with van der Waals surface area (Å²) < 4.78 is 27.4. The summed E-state index contributed by atoms with van der Waals surface area (Å²) in [6, 6.07) is 13.2. The van der Waals surface area contributed by atoms with Crippen LogP contribution < -0.4 is 16.0 Å². The van der Waals surface area contributed by atoms with Crippen LogP contribution in [0.25, 0.3) is 0 Å². The minimum absolute atomic E-state index is 0.0117. The van der Waals surface area contributed by atoms with Gasteiger partial charge in [0.15, 0.2) is 0 Å². The summed E-state index contributed by atoms with van der Waals surface area (Å²) in [5.74, 6) is 0.203. The Kier molecular flexibility index (Phi) is 7.50. The van der Waals surface area contributed by atoms with E-state index in [9.17, 15) is 18.0 Å². The second-order valence-corrected chi connectivity index (χ2v) is 10.5. The molecule has 2 aliphatic rings. The molecule has 2 aromatic rings. The van der Waals surface area contributed by atoms with Crippen molar-refractivity contribution >= 4 is 39.3 Å². The fourth-order valence-electron chi connectivity index (χ4n) is 3.93. The highest BCUT2D eigenvalue weighted by Crippen LogP contribution is 2.23. The third-order valence-corrected chi connectivity index (χ3v) is 7.83. The largest absolute Gasteiger partial charge is 0.368 e. The van der Waals surface area contributed by atoms with Crippen LogP contribution in [0.1, 0.15) is 17.5 Å². The zero-order valence-corrected chi connectivity index (χ0v) is 20.0. The van der Waals surface area contributed by atoms with Gasteiger partial charge in [-0.2, -0.15) is 4.31 Å². The van der Waals surface area contributed by atoms with Crippen LogP contribution in [0.5, 0.6) is 0 Å². The zero-order chi connectivity index (χ0) is 24.1. The van der Waals surface area contributed by atoms with Gasteiger partial charge in [-0.15, -0.1) is 0 Å². The van der Waals surface area contributed by atoms with Crippen LogP contribution >= 0.6 is 11.6 Å². The standard InChI is InChI=1S/C23H26ClN5O4S/c24-18-2-1-3-20(12-18)34(32,33)29-15-22(31)28-14-19(29)13-21(30)25-9-8-16-4-6-17(7-5-16)23-26-10-11-27-23/h1-7,12,19H,8-11,13-15H2,(H,25,30)(H,26,27)(H,28,31). The maximum atomic E-state index is 13.1. The molecule has 2 aromatic carbocycles. The lowest BCUT2D eigenvalue weighted by atomic mass is 10.1. The molecule has 1 saturated heterocycles. The predicted molar refractivity (Wildman–Crippen MR) is 129 cm³/mol. The van der Waals surface area contributed by atoms with Gasteiger partial charge in [-0.05, 0) is 30.2 Å². The topological polar surface area (TPSA) is 120 Å². The van der Waals surface area contributed by atoms with Gasteiger partial charge in [0.25, 0.3) is 0 Å². The third-order valence-electron chi connectivity index (χ3n) is 5.70. The van der Waals surface area contributed by atoms with Crippen molar-refractivity contribution in [1.82, 2.24) is 20.3 Å². The van der Waals surface area contributed by atoms with Crippen molar-refractivity contribution < 1.29 is 18.0 Å². The molecule has 0 saturated carbocycles. The number of carbonyl (C=O) groups is 2. The smallest absolute Gasteiger partial charge is 0.243 e. The summed E-state index contributed by atoms with van der Waals surface area (Å²) in [6.45, 7) is 1.76. The highest BCUT2D eigenvalue weighted by molar-refractivity contribution is 7.89. The minimum Gasteiger partial charge on any atom is -0.368 e. The first-order valence-corrected chi connectivity index (χ1v) is 12.8. The van der Waals surface area contributed by atoms with Crippen molar-refractivity contribution in [2.75, 3.05) is 32.7 Å². The lowest BCUT2D eigenvalue weighted by molar-refractivity contribution is -0.126. The van der Waals surface area contributed by atoms with Crippen LogP contribution in [0.2, 0.25) is 5.02 Å². The molecule has 0 bridgehead atoms. The average molecular weight is 504 g/mol. The number of benzene rings is 2. The summed E-state index contributed by atoms with van der Waals surface area (Å²) in [7, 11) is -3.99. The first-order chi connectivity index (χ1) is 16.3. The van der Waals surface area contributed by atoms with Crippen LogP contribution in [0.4, 0.5) is 0 Å². The SMILES string of the molecule is O=C(CC1CNC(=O)CN1S(=O)(=O)c1cccc(Cl)c1)NCCc1ccc(C2=NCCN2)cc1. The molecule has 4 rings (SSSR count). The Balaban J connectivity index is 1.34. The molecule has 2 aliphatic heterocycles. The number of halogens is 1. The molecule has 1 atom stereocenters. The Morgan fingerprint density at radius 2 is 1.97 bits per heavy atom. The van der Waals surface area contributed by atoms with Gasteiger partial charge in [0.1, 0.15) is 5.84 Å². The van der Waals surface area contributed by atoms with E-state index in [4.69, 9.17) is 11.6 Å². The van der Waals surface area contributed by atoms with Gasteiger partial charge in [-0.1, -0.05) is 41.9 Å². The fourth-order valence-corrected chi connectivity index (χ4v) is 5.81. The van der Waals surface area contributed by atoms with Gasteiger partial charge in [0, 0.05) is 36.6 Å². The van der Waals surface area contributed by atoms with E-state index in [2.05, 4.69) is 20.9 Å². The Hall–Kier alpha value is -2.95. The highest BCUT2D eigenvalue weighted by atomic mass is 35.5. The second-order valence-electron chi connectivity index (χ2n) is 8.12. The molecule has 0 radical (unpaired) electrons. The van der Waals surface area contributed by atoms with Gasteiger partial charge >= 0.3 is 0 Å². The predicted octanol–water partition coefficient (Wildman–Crippen LogP) is 0.928. The van der Waals surface area contributed by atoms with Crippen molar-refractivity contribution in [3.8, 4) is 0 Å². The van der Waals surface area contributed by atoms with Crippen LogP contribution in [0.15, 0.2) is 58.4 Å². The number of aliphatic imine (C=N–C) groups is 1. The van der Waals surface area contributed by atoms with E-state index in [0.717, 1.165) is 34.4 Å². The Morgan fingerprint density at radius 1 is 1.18 bits per heavy atom. The molecule has 1 fully saturated rings. The molecule has 1 unspecified atom stereocenters. The number of sulfonamides is 1. The Morgan fingerprint density at radius 3 is 2.68 bits per heavy atom. The van der Waals surface area contributed by atoms with E-state index in [1.165, 1.54) is 18.2 Å². The first-order valence-electron chi connectivity index (χ1n) is 11.0. The number of rotatable bonds is 8. The van der Waals surface area contributed by atoms with Crippen molar-refractivity contribution in [2.45, 2.75) is 23.8 Å². The van der Waals surface area contributed by atoms with Gasteiger partial charge in [0.2, 0.25) is 21.8 Å². The van der Waals surface area contributed by atoms with E-state index in [-0.39, 0.29) is 35.3 Å². The van der Waals surface area contributed by atoms with Crippen LogP contribution in [0.3, 0.4) is 0 Å². The van der Waals surface area contributed by atoms with Crippen molar-refractivity contribution in [3.63, 3.8) is 0 Å². The number of hydrogen-bond donors (Lipinski definition) is 3. The van der Waals surface area contributed by atoms with E-state index < -0.39 is 22.0 Å². The van der Waals surface area contributed by atoms with E-state index in [0.29, 0.717) is 13.0 Å². The number of amides is 2. The lowest BCUT2D eigenvalue weighted by Gasteiger charge is -2.34. The molecule has 34 heavy (non-hydrogen) atoms. The normalized spacial score (nSPS) is 18.7. The number of amidine groups is 1. The number of piperazine rings is 1. The maximum Gasteiger partial charge on any atom is 0.243 e. The quantitative estimate of drug-likeness (QED) is 0.495. The molecule has 0 aliphatic carbocycles. The number of nitrogens with zero attached hydrogens (tertiary/aromatic N) is 2. The van der Waals surface area contributed by atoms with Gasteiger partial charge in [-0.25, -0.2) is 8.42 Å². The number of hydrogen-bond acceptors (Lipinski definition) is 6. The highest BCUT2D eigenvalue weighted by Gasteiger charge is 2.37. The van der Waals surface area contributed by atoms with Crippen LogP contribution in [-0.4, -0.2) is 69.1 Å². The average Bonchev–Trinajstić information content (AvgIpc) is 3.36. The summed E-state index contributed by atoms with van der Waals surface area (Å²) in [4.78, 5) is 28.9. The minimum atomic E-state index is -3.99. The number of carbonyl (C=O) groups excluding carboxylic acids is 2. The van der Waals surface area contributed by atoms with Gasteiger partial charge in [0.05, 0.1) is 24.0 Å². The first kappa shape index (κ1) is 24.2. The van der Waals surface area contributed by atoms with Crippen LogP contribution in [0, 0.1) is 0 Å². The van der Waals surface area contributed by atoms with E-state index >= 15 is 0 Å². The van der Waals surface area contributed by atoms with Crippen LogP contribution in [-0.2, 0) is 26.0 Å². The molecule has 9 nitrogen and oxygen atoms in total. The molecule has 2 amide bonds. The molecule has 3 N–H and O–H groups in total. The Labute approximate surface area is 203 Å². The summed E-state index contributed by atoms with van der Waals surface area (Å²) >= 11 is 5.95. The van der Waals surface area contributed by atoms with E-state index in [1.54, 1.807) is 6.07 Å². The van der Waals surface area contributed by atoms with E-state index in [1.807, 2.05) is 24.3 Å². The van der Waals surface area contributed by atoms with Crippen molar-refractivity contribution in [3.05, 3.63) is 64.7 Å². The molecular weight excluding hydrogens is 478 g/mol. The lowest BCUT2D eigenvalue weighted by Crippen LogP contribution is -2.57. The summed E-state index contributed by atoms with van der Waals surface area (Å²) in [5, 5.41) is 9.00. The van der Waals surface area contributed by atoms with Gasteiger partial charge in [-0.3, -0.25) is 14.6 Å².